The van der Waals surface area contributed by atoms with Gasteiger partial charge in [-0.25, -0.2) is 23.3 Å². The second-order valence-corrected chi connectivity index (χ2v) is 12.1. The Morgan fingerprint density at radius 3 is 2.73 bits per heavy atom. The van der Waals surface area contributed by atoms with Crippen LogP contribution < -0.4 is 5.43 Å². The molecule has 4 heterocycles. The topological polar surface area (TPSA) is 149 Å². The highest BCUT2D eigenvalue weighted by Crippen LogP contribution is 2.32. The van der Waals surface area contributed by atoms with E-state index in [-0.39, 0.29) is 23.5 Å². The van der Waals surface area contributed by atoms with Crippen LogP contribution in [0.3, 0.4) is 0 Å². The number of aromatic nitrogens is 6. The quantitative estimate of drug-likeness (QED) is 0.171. The molecule has 0 bridgehead atoms. The van der Waals surface area contributed by atoms with Crippen LogP contribution in [-0.4, -0.2) is 80.5 Å². The van der Waals surface area contributed by atoms with Gasteiger partial charge in [0.25, 0.3) is 5.91 Å². The highest BCUT2D eigenvalue weighted by Gasteiger charge is 2.27. The van der Waals surface area contributed by atoms with Crippen molar-refractivity contribution in [1.82, 2.24) is 39.1 Å². The lowest BCUT2D eigenvalue weighted by Gasteiger charge is -2.26. The van der Waals surface area contributed by atoms with E-state index in [2.05, 4.69) is 25.8 Å². The SMILES string of the molecule is Cc1nn2c(nc(Sc3nncn3C)c3ccccc32)c1/C=N/NC(=O)c1cccc(S(=O)(=O)N2CCOCC2)c1. The molecule has 1 aliphatic heterocycles. The summed E-state index contributed by atoms with van der Waals surface area (Å²) in [6.07, 6.45) is 3.11. The first-order valence-corrected chi connectivity index (χ1v) is 14.9. The number of hydrazone groups is 1. The van der Waals surface area contributed by atoms with Gasteiger partial charge >= 0.3 is 0 Å². The van der Waals surface area contributed by atoms with Gasteiger partial charge in [0.2, 0.25) is 10.0 Å². The van der Waals surface area contributed by atoms with Gasteiger partial charge in [-0.1, -0.05) is 24.3 Å². The zero-order chi connectivity index (χ0) is 28.6. The van der Waals surface area contributed by atoms with E-state index >= 15 is 0 Å². The minimum absolute atomic E-state index is 0.0403. The van der Waals surface area contributed by atoms with E-state index in [1.54, 1.807) is 10.8 Å². The normalized spacial score (nSPS) is 14.8. The number of nitrogens with zero attached hydrogens (tertiary/aromatic N) is 8. The summed E-state index contributed by atoms with van der Waals surface area (Å²) in [5, 5.41) is 19.2. The highest BCUT2D eigenvalue weighted by atomic mass is 32.2. The third kappa shape index (κ3) is 5.19. The van der Waals surface area contributed by atoms with Crippen LogP contribution in [0.1, 0.15) is 21.6 Å². The number of rotatable bonds is 7. The molecule has 5 aromatic rings. The first kappa shape index (κ1) is 27.0. The van der Waals surface area contributed by atoms with E-state index < -0.39 is 15.9 Å². The molecular weight excluding hydrogens is 566 g/mol. The Balaban J connectivity index is 1.28. The Morgan fingerprint density at radius 1 is 1.15 bits per heavy atom. The fraction of sp³-hybridized carbons (Fsp3) is 0.231. The number of ether oxygens (including phenoxy) is 1. The number of carbonyl (C=O) groups excluding carboxylic acids is 1. The second kappa shape index (κ2) is 11.0. The Kier molecular flexibility index (Phi) is 7.25. The lowest BCUT2D eigenvalue weighted by atomic mass is 10.2. The Morgan fingerprint density at radius 2 is 1.95 bits per heavy atom. The molecule has 0 spiro atoms. The van der Waals surface area contributed by atoms with Gasteiger partial charge in [-0.15, -0.1) is 10.2 Å². The standard InChI is InChI=1S/C26H25N9O4S2/c1-17-21(15-27-30-24(36)18-6-5-7-19(14-18)41(37,38)34-10-12-39-13-11-34)23-29-25(40-26-31-28-16-33(26)2)20-8-3-4-9-22(20)35(23)32-17/h3-9,14-16H,10-13H2,1-2H3,(H,30,36)/b27-15+. The number of hydrogen-bond acceptors (Lipinski definition) is 10. The lowest BCUT2D eigenvalue weighted by molar-refractivity contribution is 0.0730. The molecule has 0 atom stereocenters. The van der Waals surface area contributed by atoms with Crippen molar-refractivity contribution in [3.63, 3.8) is 0 Å². The summed E-state index contributed by atoms with van der Waals surface area (Å²) in [6.45, 7) is 3.04. The van der Waals surface area contributed by atoms with Gasteiger partial charge in [-0.3, -0.25) is 4.79 Å². The number of carbonyl (C=O) groups is 1. The molecule has 1 saturated heterocycles. The van der Waals surface area contributed by atoms with Crippen molar-refractivity contribution in [2.24, 2.45) is 12.1 Å². The van der Waals surface area contributed by atoms with E-state index in [1.165, 1.54) is 46.5 Å². The smallest absolute Gasteiger partial charge is 0.271 e. The minimum atomic E-state index is -3.74. The number of benzene rings is 2. The van der Waals surface area contributed by atoms with Crippen molar-refractivity contribution < 1.29 is 17.9 Å². The molecule has 1 fully saturated rings. The number of sulfonamides is 1. The van der Waals surface area contributed by atoms with E-state index in [1.807, 2.05) is 42.8 Å². The number of amides is 1. The van der Waals surface area contributed by atoms with Crippen LogP contribution in [0, 0.1) is 6.92 Å². The number of hydrogen-bond donors (Lipinski definition) is 1. The molecule has 0 unspecified atom stereocenters. The molecule has 1 amide bonds. The van der Waals surface area contributed by atoms with E-state index in [4.69, 9.17) is 9.72 Å². The van der Waals surface area contributed by atoms with Crippen LogP contribution in [0.15, 0.2) is 75.0 Å². The number of fused-ring (bicyclic) bond motifs is 3. The van der Waals surface area contributed by atoms with Crippen molar-refractivity contribution in [1.29, 1.82) is 0 Å². The molecule has 0 saturated carbocycles. The third-order valence-corrected chi connectivity index (χ3v) is 9.52. The van der Waals surface area contributed by atoms with Crippen LogP contribution in [0.4, 0.5) is 0 Å². The molecule has 1 aliphatic rings. The molecule has 6 rings (SSSR count). The van der Waals surface area contributed by atoms with Crippen LogP contribution in [0.2, 0.25) is 0 Å². The van der Waals surface area contributed by atoms with Crippen molar-refractivity contribution >= 4 is 50.5 Å². The molecule has 210 valence electrons. The van der Waals surface area contributed by atoms with Crippen molar-refractivity contribution in [3.05, 3.63) is 71.7 Å². The molecule has 2 aromatic carbocycles. The van der Waals surface area contributed by atoms with Crippen LogP contribution in [0.25, 0.3) is 16.6 Å². The first-order valence-electron chi connectivity index (χ1n) is 12.6. The Bertz CT molecular complexity index is 1910. The fourth-order valence-corrected chi connectivity index (χ4v) is 6.75. The van der Waals surface area contributed by atoms with Crippen molar-refractivity contribution in [2.75, 3.05) is 26.3 Å². The number of nitrogens with one attached hydrogen (secondary N) is 1. The van der Waals surface area contributed by atoms with Crippen molar-refractivity contribution in [2.45, 2.75) is 22.0 Å². The molecule has 13 nitrogen and oxygen atoms in total. The predicted octanol–water partition coefficient (Wildman–Crippen LogP) is 2.26. The minimum Gasteiger partial charge on any atom is -0.379 e. The number of para-hydroxylation sites is 1. The van der Waals surface area contributed by atoms with Crippen LogP contribution >= 0.6 is 11.8 Å². The van der Waals surface area contributed by atoms with Crippen molar-refractivity contribution in [3.8, 4) is 0 Å². The maximum Gasteiger partial charge on any atom is 0.271 e. The maximum atomic E-state index is 13.0. The summed E-state index contributed by atoms with van der Waals surface area (Å²) in [4.78, 5) is 17.8. The van der Waals surface area contributed by atoms with E-state index in [0.717, 1.165) is 15.9 Å². The summed E-state index contributed by atoms with van der Waals surface area (Å²) in [6, 6.07) is 13.7. The Hall–Kier alpha value is -4.18. The van der Waals surface area contributed by atoms with Gasteiger partial charge in [-0.05, 0) is 43.0 Å². The molecule has 0 aliphatic carbocycles. The predicted molar refractivity (Wildman–Crippen MR) is 151 cm³/mol. The summed E-state index contributed by atoms with van der Waals surface area (Å²) in [7, 11) is -1.88. The molecule has 3 aromatic heterocycles. The summed E-state index contributed by atoms with van der Waals surface area (Å²) < 4.78 is 36.2. The van der Waals surface area contributed by atoms with Gasteiger partial charge < -0.3 is 9.30 Å². The molecular formula is C26H25N9O4S2. The number of aryl methyl sites for hydroxylation is 2. The van der Waals surface area contributed by atoms with E-state index in [9.17, 15) is 13.2 Å². The van der Waals surface area contributed by atoms with E-state index in [0.29, 0.717) is 35.3 Å². The van der Waals surface area contributed by atoms with Crippen LogP contribution in [-0.2, 0) is 21.8 Å². The first-order chi connectivity index (χ1) is 19.8. The monoisotopic (exact) mass is 591 g/mol. The molecule has 41 heavy (non-hydrogen) atoms. The van der Waals surface area contributed by atoms with Gasteiger partial charge in [0, 0.05) is 31.1 Å². The largest absolute Gasteiger partial charge is 0.379 e. The molecule has 1 N–H and O–H groups in total. The number of morpholine rings is 1. The lowest BCUT2D eigenvalue weighted by Crippen LogP contribution is -2.40. The van der Waals surface area contributed by atoms with Gasteiger partial charge in [0.1, 0.15) is 11.4 Å². The van der Waals surface area contributed by atoms with Gasteiger partial charge in [0.15, 0.2) is 10.8 Å². The fourth-order valence-electron chi connectivity index (χ4n) is 4.43. The molecule has 15 heteroatoms. The van der Waals surface area contributed by atoms with Crippen LogP contribution in [0.5, 0.6) is 0 Å². The highest BCUT2D eigenvalue weighted by molar-refractivity contribution is 7.99. The average molecular weight is 592 g/mol. The summed E-state index contributed by atoms with van der Waals surface area (Å²) >= 11 is 1.39. The Labute approximate surface area is 239 Å². The third-order valence-electron chi connectivity index (χ3n) is 6.57. The molecule has 0 radical (unpaired) electrons. The summed E-state index contributed by atoms with van der Waals surface area (Å²) in [5.41, 5.74) is 5.36. The summed E-state index contributed by atoms with van der Waals surface area (Å²) in [5.74, 6) is -0.550. The van der Waals surface area contributed by atoms with Gasteiger partial charge in [0.05, 0.1) is 41.1 Å². The zero-order valence-corrected chi connectivity index (χ0v) is 23.8. The average Bonchev–Trinajstić information content (AvgIpc) is 3.55. The maximum absolute atomic E-state index is 13.0. The van der Waals surface area contributed by atoms with Gasteiger partial charge in [-0.2, -0.15) is 14.5 Å². The second-order valence-electron chi connectivity index (χ2n) is 9.24. The zero-order valence-electron chi connectivity index (χ0n) is 22.1.